The molecular weight excluding hydrogens is 294 g/mol. The second-order valence-electron chi connectivity index (χ2n) is 7.03. The zero-order valence-electron chi connectivity index (χ0n) is 14.3. The largest absolute Gasteiger partial charge is 0.352 e. The van der Waals surface area contributed by atoms with Crippen LogP contribution >= 0.6 is 0 Å². The lowest BCUT2D eigenvalue weighted by atomic mass is 9.86. The number of rotatable bonds is 4. The van der Waals surface area contributed by atoms with Crippen LogP contribution in [-0.2, 0) is 20.8 Å². The van der Waals surface area contributed by atoms with E-state index in [-0.39, 0.29) is 18.6 Å². The molecule has 3 rings (SSSR count). The first-order valence-corrected chi connectivity index (χ1v) is 8.55. The molecule has 1 amide bonds. The van der Waals surface area contributed by atoms with Gasteiger partial charge in [0.2, 0.25) is 5.91 Å². The van der Waals surface area contributed by atoms with Gasteiger partial charge in [0, 0.05) is 25.1 Å². The van der Waals surface area contributed by atoms with E-state index in [0.717, 1.165) is 43.0 Å². The lowest BCUT2D eigenvalue weighted by Crippen LogP contribution is -2.39. The Morgan fingerprint density at radius 3 is 2.83 bits per heavy atom. The van der Waals surface area contributed by atoms with Crippen molar-refractivity contribution in [2.45, 2.75) is 64.9 Å². The molecule has 6 heteroatoms. The van der Waals surface area contributed by atoms with Crippen LogP contribution in [0.2, 0.25) is 0 Å². The second kappa shape index (κ2) is 6.61. The van der Waals surface area contributed by atoms with Crippen molar-refractivity contribution < 1.29 is 14.3 Å². The standard InChI is InChI=1S/C17H27N3O3/c1-12-4-6-17(7-5-12)22-11-15(23-17)9-18-16(21)10-20-14(3)8-13(2)19-20/h8,12,15H,4-7,9-11H2,1-3H3,(H,18,21)/t12?,15-,17?/m1/s1. The van der Waals surface area contributed by atoms with Gasteiger partial charge >= 0.3 is 0 Å². The molecule has 1 atom stereocenters. The number of carbonyl (C=O) groups is 1. The smallest absolute Gasteiger partial charge is 0.241 e. The van der Waals surface area contributed by atoms with Crippen molar-refractivity contribution in [3.63, 3.8) is 0 Å². The summed E-state index contributed by atoms with van der Waals surface area (Å²) in [5.41, 5.74) is 1.92. The number of hydrogen-bond donors (Lipinski definition) is 1. The van der Waals surface area contributed by atoms with Crippen molar-refractivity contribution in [2.24, 2.45) is 5.92 Å². The number of nitrogens with one attached hydrogen (secondary N) is 1. The molecule has 0 bridgehead atoms. The average molecular weight is 321 g/mol. The summed E-state index contributed by atoms with van der Waals surface area (Å²) < 4.78 is 13.8. The molecule has 1 aromatic heterocycles. The Balaban J connectivity index is 1.44. The first-order valence-electron chi connectivity index (χ1n) is 8.55. The molecule has 6 nitrogen and oxygen atoms in total. The molecule has 1 aliphatic heterocycles. The molecular formula is C17H27N3O3. The molecule has 128 valence electrons. The van der Waals surface area contributed by atoms with Crippen LogP contribution in [-0.4, -0.2) is 40.7 Å². The molecule has 1 spiro atoms. The van der Waals surface area contributed by atoms with Gasteiger partial charge in [-0.25, -0.2) is 0 Å². The van der Waals surface area contributed by atoms with Crippen molar-refractivity contribution in [1.82, 2.24) is 15.1 Å². The highest BCUT2D eigenvalue weighted by Gasteiger charge is 2.43. The number of carbonyl (C=O) groups excluding carboxylic acids is 1. The van der Waals surface area contributed by atoms with E-state index in [1.54, 1.807) is 4.68 Å². The number of amides is 1. The summed E-state index contributed by atoms with van der Waals surface area (Å²) in [7, 11) is 0. The summed E-state index contributed by atoms with van der Waals surface area (Å²) >= 11 is 0. The Labute approximate surface area is 137 Å². The molecule has 1 saturated heterocycles. The molecule has 2 aliphatic rings. The van der Waals surface area contributed by atoms with E-state index in [4.69, 9.17) is 9.47 Å². The van der Waals surface area contributed by atoms with E-state index >= 15 is 0 Å². The molecule has 1 saturated carbocycles. The van der Waals surface area contributed by atoms with Gasteiger partial charge in [-0.3, -0.25) is 9.48 Å². The number of hydrogen-bond acceptors (Lipinski definition) is 4. The molecule has 0 radical (unpaired) electrons. The van der Waals surface area contributed by atoms with E-state index in [0.29, 0.717) is 13.2 Å². The second-order valence-corrected chi connectivity index (χ2v) is 7.03. The van der Waals surface area contributed by atoms with Crippen LogP contribution in [0.5, 0.6) is 0 Å². The number of aromatic nitrogens is 2. The first kappa shape index (κ1) is 16.5. The maximum Gasteiger partial charge on any atom is 0.241 e. The highest BCUT2D eigenvalue weighted by molar-refractivity contribution is 5.75. The Kier molecular flexibility index (Phi) is 4.73. The van der Waals surface area contributed by atoms with Gasteiger partial charge in [-0.15, -0.1) is 0 Å². The Hall–Kier alpha value is -1.40. The number of aryl methyl sites for hydroxylation is 2. The summed E-state index contributed by atoms with van der Waals surface area (Å²) in [5.74, 6) is 0.322. The summed E-state index contributed by atoms with van der Waals surface area (Å²) in [4.78, 5) is 12.1. The monoisotopic (exact) mass is 321 g/mol. The fourth-order valence-corrected chi connectivity index (χ4v) is 3.44. The van der Waals surface area contributed by atoms with Gasteiger partial charge in [-0.1, -0.05) is 6.92 Å². The molecule has 1 N–H and O–H groups in total. The molecule has 0 aromatic carbocycles. The van der Waals surface area contributed by atoms with Gasteiger partial charge in [0.1, 0.15) is 12.6 Å². The molecule has 1 aliphatic carbocycles. The Bertz CT molecular complexity index is 561. The van der Waals surface area contributed by atoms with Crippen LogP contribution in [0.15, 0.2) is 6.07 Å². The Morgan fingerprint density at radius 2 is 2.17 bits per heavy atom. The topological polar surface area (TPSA) is 65.4 Å². The summed E-state index contributed by atoms with van der Waals surface area (Å²) in [6.45, 7) is 7.46. The minimum absolute atomic E-state index is 0.0435. The van der Waals surface area contributed by atoms with Crippen LogP contribution in [0.4, 0.5) is 0 Å². The molecule has 1 aromatic rings. The number of nitrogens with zero attached hydrogens (tertiary/aromatic N) is 2. The third-order valence-electron chi connectivity index (χ3n) is 4.87. The average Bonchev–Trinajstić information content (AvgIpc) is 3.04. The van der Waals surface area contributed by atoms with E-state index in [2.05, 4.69) is 17.3 Å². The molecule has 2 heterocycles. The normalized spacial score (nSPS) is 30.7. The zero-order valence-corrected chi connectivity index (χ0v) is 14.3. The zero-order chi connectivity index (χ0) is 16.4. The fraction of sp³-hybridized carbons (Fsp3) is 0.765. The summed E-state index contributed by atoms with van der Waals surface area (Å²) in [5, 5.41) is 7.24. The highest BCUT2D eigenvalue weighted by atomic mass is 16.7. The Morgan fingerprint density at radius 1 is 1.43 bits per heavy atom. The van der Waals surface area contributed by atoms with Crippen LogP contribution < -0.4 is 5.32 Å². The van der Waals surface area contributed by atoms with Crippen molar-refractivity contribution in [3.8, 4) is 0 Å². The van der Waals surface area contributed by atoms with E-state index < -0.39 is 5.79 Å². The molecule has 23 heavy (non-hydrogen) atoms. The quantitative estimate of drug-likeness (QED) is 0.920. The molecule has 0 unspecified atom stereocenters. The van der Waals surface area contributed by atoms with Crippen molar-refractivity contribution in [3.05, 3.63) is 17.5 Å². The van der Waals surface area contributed by atoms with Gasteiger partial charge in [0.25, 0.3) is 0 Å². The van der Waals surface area contributed by atoms with Gasteiger partial charge < -0.3 is 14.8 Å². The van der Waals surface area contributed by atoms with Crippen molar-refractivity contribution >= 4 is 5.91 Å². The third kappa shape index (κ3) is 3.93. The van der Waals surface area contributed by atoms with Gasteiger partial charge in [0.05, 0.1) is 12.3 Å². The summed E-state index contributed by atoms with van der Waals surface area (Å²) in [6.07, 6.45) is 4.18. The van der Waals surface area contributed by atoms with Crippen LogP contribution in [0.1, 0.15) is 44.0 Å². The van der Waals surface area contributed by atoms with Crippen molar-refractivity contribution in [1.29, 1.82) is 0 Å². The minimum atomic E-state index is -0.391. The lowest BCUT2D eigenvalue weighted by molar-refractivity contribution is -0.191. The van der Waals surface area contributed by atoms with E-state index in [1.165, 1.54) is 0 Å². The predicted molar refractivity (Wildman–Crippen MR) is 85.9 cm³/mol. The minimum Gasteiger partial charge on any atom is -0.352 e. The van der Waals surface area contributed by atoms with E-state index in [1.807, 2.05) is 19.9 Å². The van der Waals surface area contributed by atoms with E-state index in [9.17, 15) is 4.79 Å². The van der Waals surface area contributed by atoms with Gasteiger partial charge in [0.15, 0.2) is 5.79 Å². The van der Waals surface area contributed by atoms with Gasteiger partial charge in [-0.2, -0.15) is 5.10 Å². The fourth-order valence-electron chi connectivity index (χ4n) is 3.44. The maximum atomic E-state index is 12.1. The predicted octanol–water partition coefficient (Wildman–Crippen LogP) is 1.94. The maximum absolute atomic E-state index is 12.1. The first-order chi connectivity index (χ1) is 11.0. The lowest BCUT2D eigenvalue weighted by Gasteiger charge is -2.34. The highest BCUT2D eigenvalue weighted by Crippen LogP contribution is 2.39. The van der Waals surface area contributed by atoms with Crippen LogP contribution in [0, 0.1) is 19.8 Å². The third-order valence-corrected chi connectivity index (χ3v) is 4.87. The van der Waals surface area contributed by atoms with Crippen LogP contribution in [0.3, 0.4) is 0 Å². The molecule has 2 fully saturated rings. The SMILES string of the molecule is Cc1cc(C)n(CC(=O)NC[C@@H]2COC3(CCC(C)CC3)O2)n1. The van der Waals surface area contributed by atoms with Gasteiger partial charge in [-0.05, 0) is 38.7 Å². The summed E-state index contributed by atoms with van der Waals surface area (Å²) in [6, 6.07) is 1.97. The number of ether oxygens (including phenoxy) is 2. The van der Waals surface area contributed by atoms with Crippen molar-refractivity contribution in [2.75, 3.05) is 13.2 Å². The van der Waals surface area contributed by atoms with Crippen LogP contribution in [0.25, 0.3) is 0 Å².